The third kappa shape index (κ3) is 1.34. The first-order valence-electron chi connectivity index (χ1n) is 27.0. The smallest absolute Gasteiger partial charge is 0.311 e. The zero-order valence-electron chi connectivity index (χ0n) is 37.2. The Morgan fingerprint density at radius 3 is 0.486 bits per heavy atom. The van der Waals surface area contributed by atoms with E-state index in [-0.39, 0.29) is 23.8 Å². The van der Waals surface area contributed by atoms with Gasteiger partial charge in [-0.25, -0.2) is 0 Å². The van der Waals surface area contributed by atoms with Gasteiger partial charge >= 0.3 is 11.9 Å². The lowest BCUT2D eigenvalue weighted by atomic mass is 9.66. The summed E-state index contributed by atoms with van der Waals surface area (Å²) in [6.45, 7) is 4.82. The number of rotatable bonds is 4. The summed E-state index contributed by atoms with van der Waals surface area (Å²) in [5, 5.41) is 73.1. The number of hydrogen-bond acceptors (Lipinski definition) is 4. The molecule has 0 aromatic heterocycles. The molecule has 4 spiro atoms. The van der Waals surface area contributed by atoms with Crippen molar-refractivity contribution in [2.45, 2.75) is 35.5 Å². The average molecular weight is 893 g/mol. The van der Waals surface area contributed by atoms with Gasteiger partial charge in [0.1, 0.15) is 0 Å². The van der Waals surface area contributed by atoms with Crippen LogP contribution in [0.4, 0.5) is 0 Å². The Hall–Kier alpha value is -8.34. The van der Waals surface area contributed by atoms with Crippen molar-refractivity contribution in [2.75, 3.05) is 13.2 Å². The fourth-order valence-corrected chi connectivity index (χ4v) is 27.5. The molecule has 72 heavy (non-hydrogen) atoms. The Morgan fingerprint density at radius 1 is 0.236 bits per heavy atom. The molecule has 24 aromatic rings. The topological polar surface area (TPSA) is 52.6 Å². The molecule has 0 N–H and O–H groups in total. The molecule has 24 aromatic carbocycles. The van der Waals surface area contributed by atoms with Crippen LogP contribution in [0.15, 0.2) is 0 Å². The summed E-state index contributed by atoms with van der Waals surface area (Å²) in [6, 6.07) is 0. The first-order valence-corrected chi connectivity index (χ1v) is 27.0. The fraction of sp³-hybridized carbons (Fsp3) is 0.147. The maximum Gasteiger partial charge on any atom is 0.311 e. The number of ether oxygens (including phenoxy) is 2. The second kappa shape index (κ2) is 5.98. The second-order valence-corrected chi connectivity index (χ2v) is 26.6. The highest BCUT2D eigenvalue weighted by Crippen LogP contribution is 2.96. The zero-order chi connectivity index (χ0) is 43.5. The maximum absolute atomic E-state index is 16.1. The van der Waals surface area contributed by atoms with E-state index in [0.29, 0.717) is 13.2 Å². The van der Waals surface area contributed by atoms with E-state index in [1.807, 2.05) is 13.8 Å². The predicted octanol–water partition coefficient (Wildman–Crippen LogP) is 15.2. The van der Waals surface area contributed by atoms with Crippen LogP contribution in [0, 0.1) is 11.8 Å². The summed E-state index contributed by atoms with van der Waals surface area (Å²) in [5.74, 6) is -0.696. The minimum absolute atomic E-state index is 0.00434. The minimum Gasteiger partial charge on any atom is -0.466 e. The van der Waals surface area contributed by atoms with Gasteiger partial charge in [-0.2, -0.15) is 0 Å². The third-order valence-corrected chi connectivity index (χ3v) is 27.0. The van der Waals surface area contributed by atoms with E-state index in [2.05, 4.69) is 0 Å². The van der Waals surface area contributed by atoms with Crippen LogP contribution in [0.3, 0.4) is 0 Å². The highest BCUT2D eigenvalue weighted by molar-refractivity contribution is 6.78. The van der Waals surface area contributed by atoms with Gasteiger partial charge < -0.3 is 9.47 Å². The highest BCUT2D eigenvalue weighted by Gasteiger charge is 2.92. The van der Waals surface area contributed by atoms with Crippen LogP contribution in [0.5, 0.6) is 0 Å². The van der Waals surface area contributed by atoms with Gasteiger partial charge in [0.25, 0.3) is 0 Å². The van der Waals surface area contributed by atoms with Crippen LogP contribution in [0.2, 0.25) is 0 Å². The van der Waals surface area contributed by atoms with Crippen molar-refractivity contribution in [2.24, 2.45) is 11.8 Å². The van der Waals surface area contributed by atoms with Crippen molar-refractivity contribution in [3.05, 3.63) is 44.5 Å². The van der Waals surface area contributed by atoms with E-state index in [0.717, 1.165) is 0 Å². The van der Waals surface area contributed by atoms with Gasteiger partial charge in [0.05, 0.1) is 46.7 Å². The molecule has 2 saturated carbocycles. The molecule has 0 bridgehead atoms. The molecule has 6 unspecified atom stereocenters. The van der Waals surface area contributed by atoms with Crippen LogP contribution < -0.4 is 0 Å². The van der Waals surface area contributed by atoms with Crippen LogP contribution in [-0.4, -0.2) is 25.2 Å². The Balaban J connectivity index is 1.15. The molecule has 6 atom stereocenters. The molecular formula is C68H12O4. The summed E-state index contributed by atoms with van der Waals surface area (Å²) in [6.07, 6.45) is 0. The van der Waals surface area contributed by atoms with Crippen molar-refractivity contribution in [3.8, 4) is 0 Å². The normalized spacial score (nSPS) is 28.9. The SMILES string of the molecule is CCOC(=O)C1C23c4c5c6c7c8c4c4c2c2c9c%10c%11c%12c(c5c5c6c6c%13c%14c%15c%16c%17c(c8c8c4c4c2c2c9c9c%11c%11c%18c%12c5c%13c%18c5c%14c%12c%16c%13c%17c8c4c4c2c2c9c%11c5c%12c2c%134)C72C(C(=O)OCC)C6%152)C%1013. The molecule has 2 fully saturated rings. The first kappa shape index (κ1) is 27.3. The molecule has 4 heteroatoms. The number of hydrogen-bond donors (Lipinski definition) is 0. The summed E-state index contributed by atoms with van der Waals surface area (Å²) < 4.78 is 13.2. The molecule has 4 nitrogen and oxygen atoms in total. The minimum atomic E-state index is -0.577. The lowest BCUT2D eigenvalue weighted by Crippen LogP contribution is -2.28. The standard InChI is InChI=1S/C68H12O4/c1-3-71-63(69)61-65-53-37-26-15-8-9-13-6-5-10-7-11(6)22-31-20(13)27-16(9)18-17(15)28-25-29(18)40-38(27)54-42(31)44-33(22)24-14(7)23-32-21(10)30(19(26)12(5)8)41(53)43(32)55-45-34(23)35(24)46-50-49(45)59(67(55,61)65)51-47(57(65)39(28)37)36(25)48-52(51)60(50)68(56(44)46)62(64(70)72-4-2)66(54,68)58(40)48/h61-62H,3-4H2,1-2H3. The second-order valence-electron chi connectivity index (χ2n) is 26.6. The van der Waals surface area contributed by atoms with Crippen LogP contribution in [-0.2, 0) is 40.7 Å². The quantitative estimate of drug-likeness (QED) is 0.130. The van der Waals surface area contributed by atoms with Crippen LogP contribution in [0.1, 0.15) is 58.4 Å². The van der Waals surface area contributed by atoms with Gasteiger partial charge in [0.15, 0.2) is 0 Å². The van der Waals surface area contributed by atoms with Crippen molar-refractivity contribution in [1.29, 1.82) is 0 Å². The number of carbonyl (C=O) groups is 2. The van der Waals surface area contributed by atoms with Gasteiger partial charge in [0.2, 0.25) is 0 Å². The van der Waals surface area contributed by atoms with E-state index >= 15 is 9.59 Å². The molecule has 0 heterocycles. The maximum atomic E-state index is 16.1. The van der Waals surface area contributed by atoms with E-state index in [1.165, 1.54) is 228 Å². The Morgan fingerprint density at radius 2 is 0.347 bits per heavy atom. The van der Waals surface area contributed by atoms with Crippen molar-refractivity contribution in [1.82, 2.24) is 0 Å². The van der Waals surface area contributed by atoms with Gasteiger partial charge in [-0.3, -0.25) is 9.59 Å². The Bertz CT molecular complexity index is 6980. The predicted molar refractivity (Wildman–Crippen MR) is 287 cm³/mol. The summed E-state index contributed by atoms with van der Waals surface area (Å²) in [5.41, 5.74) is 9.77. The third-order valence-electron chi connectivity index (χ3n) is 27.0. The average Bonchev–Trinajstić information content (AvgIpc) is 4.14. The molecule has 0 saturated heterocycles. The van der Waals surface area contributed by atoms with Crippen molar-refractivity contribution < 1.29 is 19.1 Å². The summed E-state index contributed by atoms with van der Waals surface area (Å²) in [4.78, 5) is 32.1. The lowest BCUT2D eigenvalue weighted by Gasteiger charge is -2.34. The molecule has 0 aliphatic heterocycles. The van der Waals surface area contributed by atoms with Gasteiger partial charge in [-0.1, -0.05) is 0 Å². The zero-order valence-corrected chi connectivity index (χ0v) is 37.2. The molecule has 10 aliphatic carbocycles. The molecule has 0 amide bonds. The molecule has 10 aliphatic rings. The Labute approximate surface area is 392 Å². The number of esters is 2. The Kier molecular flexibility index (Phi) is 2.27. The largest absolute Gasteiger partial charge is 0.466 e. The molecular weight excluding hydrogens is 881 g/mol. The van der Waals surface area contributed by atoms with Crippen molar-refractivity contribution >= 4 is 270 Å². The fourth-order valence-electron chi connectivity index (χ4n) is 27.5. The van der Waals surface area contributed by atoms with Crippen LogP contribution >= 0.6 is 0 Å². The molecule has 308 valence electrons. The highest BCUT2D eigenvalue weighted by atomic mass is 16.5. The van der Waals surface area contributed by atoms with E-state index in [9.17, 15) is 0 Å². The van der Waals surface area contributed by atoms with Gasteiger partial charge in [0, 0.05) is 0 Å². The van der Waals surface area contributed by atoms with E-state index < -0.39 is 21.7 Å². The van der Waals surface area contributed by atoms with Gasteiger partial charge in [-0.05, 0) is 317 Å². The van der Waals surface area contributed by atoms with E-state index in [4.69, 9.17) is 9.47 Å². The first-order chi connectivity index (χ1) is 35.7. The number of carbonyl (C=O) groups excluding carboxylic acids is 2. The van der Waals surface area contributed by atoms with Crippen LogP contribution in [0.25, 0.3) is 259 Å². The molecule has 34 rings (SSSR count). The van der Waals surface area contributed by atoms with Gasteiger partial charge in [-0.15, -0.1) is 0 Å². The molecule has 0 radical (unpaired) electrons. The monoisotopic (exact) mass is 892 g/mol. The summed E-state index contributed by atoms with van der Waals surface area (Å²) in [7, 11) is 0. The van der Waals surface area contributed by atoms with Crippen molar-refractivity contribution in [3.63, 3.8) is 0 Å². The van der Waals surface area contributed by atoms with E-state index in [1.54, 1.807) is 75.4 Å². The number of benzene rings is 16. The summed E-state index contributed by atoms with van der Waals surface area (Å²) >= 11 is 0. The lowest BCUT2D eigenvalue weighted by molar-refractivity contribution is -0.146.